The molecule has 0 radical (unpaired) electrons. The zero-order valence-corrected chi connectivity index (χ0v) is 13.5. The monoisotopic (exact) mass is 328 g/mol. The third-order valence-corrected chi connectivity index (χ3v) is 4.26. The smallest absolute Gasteiger partial charge is 0.239 e. The maximum atomic E-state index is 12.4. The van der Waals surface area contributed by atoms with Gasteiger partial charge in [-0.2, -0.15) is 0 Å². The molecular formula is C15H18Cl2N2O2. The van der Waals surface area contributed by atoms with E-state index in [4.69, 9.17) is 23.2 Å². The standard InChI is InChI=1S/C15H18Cl2N2O2/c1-3-9(2)18-14(20)11-6-7-19(15(11)21)13-5-4-10(16)8-12(13)17/h4-5,8-9,11H,3,6-7H2,1-2H3,(H,18,20)/t9-,11+/m0/s1. The first-order valence-electron chi connectivity index (χ1n) is 7.00. The lowest BCUT2D eigenvalue weighted by atomic mass is 10.1. The molecule has 21 heavy (non-hydrogen) atoms. The summed E-state index contributed by atoms with van der Waals surface area (Å²) >= 11 is 12.0. The Labute approximate surface area is 134 Å². The predicted molar refractivity (Wildman–Crippen MR) is 84.8 cm³/mol. The Hall–Kier alpha value is -1.26. The van der Waals surface area contributed by atoms with E-state index >= 15 is 0 Å². The Morgan fingerprint density at radius 2 is 2.19 bits per heavy atom. The molecule has 1 aromatic rings. The molecule has 0 saturated carbocycles. The lowest BCUT2D eigenvalue weighted by molar-refractivity contribution is -0.132. The van der Waals surface area contributed by atoms with E-state index in [1.807, 2.05) is 13.8 Å². The molecule has 0 aromatic heterocycles. The molecule has 1 aliphatic heterocycles. The van der Waals surface area contributed by atoms with Crippen LogP contribution in [0.5, 0.6) is 0 Å². The first-order valence-corrected chi connectivity index (χ1v) is 7.76. The summed E-state index contributed by atoms with van der Waals surface area (Å²) in [6.45, 7) is 4.39. The highest BCUT2D eigenvalue weighted by Gasteiger charge is 2.38. The first kappa shape index (κ1) is 16.1. The Kier molecular flexibility index (Phi) is 5.12. The van der Waals surface area contributed by atoms with E-state index in [1.165, 1.54) is 0 Å². The van der Waals surface area contributed by atoms with Crippen molar-refractivity contribution >= 4 is 40.7 Å². The number of nitrogens with zero attached hydrogens (tertiary/aromatic N) is 1. The summed E-state index contributed by atoms with van der Waals surface area (Å²) in [4.78, 5) is 26.1. The minimum absolute atomic E-state index is 0.0680. The lowest BCUT2D eigenvalue weighted by Gasteiger charge is -2.19. The normalized spacial score (nSPS) is 19.7. The first-order chi connectivity index (χ1) is 9.93. The van der Waals surface area contributed by atoms with Crippen molar-refractivity contribution in [2.45, 2.75) is 32.7 Å². The molecule has 1 aromatic carbocycles. The van der Waals surface area contributed by atoms with Gasteiger partial charge in [0.1, 0.15) is 5.92 Å². The van der Waals surface area contributed by atoms with Crippen LogP contribution in [0, 0.1) is 5.92 Å². The third kappa shape index (κ3) is 3.50. The maximum absolute atomic E-state index is 12.4. The number of carbonyl (C=O) groups excluding carboxylic acids is 2. The number of rotatable bonds is 4. The maximum Gasteiger partial charge on any atom is 0.239 e. The Bertz CT molecular complexity index is 563. The van der Waals surface area contributed by atoms with Crippen molar-refractivity contribution in [3.05, 3.63) is 28.2 Å². The minimum Gasteiger partial charge on any atom is -0.353 e. The summed E-state index contributed by atoms with van der Waals surface area (Å²) < 4.78 is 0. The zero-order chi connectivity index (χ0) is 15.6. The molecule has 1 N–H and O–H groups in total. The van der Waals surface area contributed by atoms with Gasteiger partial charge in [0.05, 0.1) is 10.7 Å². The molecule has 1 aliphatic rings. The van der Waals surface area contributed by atoms with Gasteiger partial charge in [-0.25, -0.2) is 0 Å². The van der Waals surface area contributed by atoms with Crippen molar-refractivity contribution in [3.8, 4) is 0 Å². The number of anilines is 1. The number of amides is 2. The molecule has 1 fully saturated rings. The molecule has 2 rings (SSSR count). The van der Waals surface area contributed by atoms with E-state index in [2.05, 4.69) is 5.32 Å². The number of hydrogen-bond donors (Lipinski definition) is 1. The number of carbonyl (C=O) groups is 2. The molecule has 0 aliphatic carbocycles. The molecule has 0 spiro atoms. The largest absolute Gasteiger partial charge is 0.353 e. The van der Waals surface area contributed by atoms with Gasteiger partial charge >= 0.3 is 0 Å². The molecule has 4 nitrogen and oxygen atoms in total. The molecule has 0 bridgehead atoms. The number of hydrogen-bond acceptors (Lipinski definition) is 2. The summed E-state index contributed by atoms with van der Waals surface area (Å²) in [7, 11) is 0. The molecule has 2 atom stereocenters. The van der Waals surface area contributed by atoms with Crippen LogP contribution in [0.1, 0.15) is 26.7 Å². The average molecular weight is 329 g/mol. The van der Waals surface area contributed by atoms with Crippen molar-refractivity contribution in [1.82, 2.24) is 5.32 Å². The summed E-state index contributed by atoms with van der Waals surface area (Å²) in [5.74, 6) is -1.05. The van der Waals surface area contributed by atoms with Crippen LogP contribution in [0.4, 0.5) is 5.69 Å². The zero-order valence-electron chi connectivity index (χ0n) is 12.0. The van der Waals surface area contributed by atoms with Crippen molar-refractivity contribution in [2.24, 2.45) is 5.92 Å². The van der Waals surface area contributed by atoms with E-state index in [-0.39, 0.29) is 17.9 Å². The quantitative estimate of drug-likeness (QED) is 0.862. The van der Waals surface area contributed by atoms with Crippen LogP contribution in [-0.2, 0) is 9.59 Å². The van der Waals surface area contributed by atoms with Crippen LogP contribution in [0.15, 0.2) is 18.2 Å². The number of benzene rings is 1. The van der Waals surface area contributed by atoms with Crippen molar-refractivity contribution in [1.29, 1.82) is 0 Å². The molecule has 2 amide bonds. The fraction of sp³-hybridized carbons (Fsp3) is 0.467. The second kappa shape index (κ2) is 6.67. The third-order valence-electron chi connectivity index (χ3n) is 3.72. The van der Waals surface area contributed by atoms with Crippen LogP contribution >= 0.6 is 23.2 Å². The van der Waals surface area contributed by atoms with Crippen molar-refractivity contribution in [3.63, 3.8) is 0 Å². The van der Waals surface area contributed by atoms with Crippen LogP contribution < -0.4 is 10.2 Å². The van der Waals surface area contributed by atoms with Crippen LogP contribution in [0.3, 0.4) is 0 Å². The van der Waals surface area contributed by atoms with Gasteiger partial charge in [0, 0.05) is 17.6 Å². The van der Waals surface area contributed by atoms with Crippen molar-refractivity contribution in [2.75, 3.05) is 11.4 Å². The molecule has 114 valence electrons. The topological polar surface area (TPSA) is 49.4 Å². The highest BCUT2D eigenvalue weighted by molar-refractivity contribution is 6.37. The second-order valence-corrected chi connectivity index (χ2v) is 6.09. The molecular weight excluding hydrogens is 311 g/mol. The van der Waals surface area contributed by atoms with Crippen LogP contribution in [0.25, 0.3) is 0 Å². The summed E-state index contributed by atoms with van der Waals surface area (Å²) in [5.41, 5.74) is 0.602. The number of halogens is 2. The van der Waals surface area contributed by atoms with Gasteiger partial charge in [-0.1, -0.05) is 30.1 Å². The summed E-state index contributed by atoms with van der Waals surface area (Å²) in [6, 6.07) is 5.05. The van der Waals surface area contributed by atoms with Gasteiger partial charge in [0.2, 0.25) is 11.8 Å². The van der Waals surface area contributed by atoms with Crippen LogP contribution in [-0.4, -0.2) is 24.4 Å². The fourth-order valence-corrected chi connectivity index (χ4v) is 2.82. The Morgan fingerprint density at radius 3 is 2.81 bits per heavy atom. The average Bonchev–Trinajstić information content (AvgIpc) is 2.80. The Balaban J connectivity index is 2.13. The van der Waals surface area contributed by atoms with Crippen LogP contribution in [0.2, 0.25) is 10.0 Å². The Morgan fingerprint density at radius 1 is 1.48 bits per heavy atom. The van der Waals surface area contributed by atoms with Gasteiger partial charge in [-0.15, -0.1) is 0 Å². The van der Waals surface area contributed by atoms with E-state index in [9.17, 15) is 9.59 Å². The summed E-state index contributed by atoms with van der Waals surface area (Å²) in [6.07, 6.45) is 1.33. The van der Waals surface area contributed by atoms with E-state index in [0.717, 1.165) is 6.42 Å². The molecule has 0 unspecified atom stereocenters. The molecule has 1 saturated heterocycles. The number of nitrogens with one attached hydrogen (secondary N) is 1. The van der Waals surface area contributed by atoms with Gasteiger partial charge in [0.25, 0.3) is 0 Å². The highest BCUT2D eigenvalue weighted by atomic mass is 35.5. The molecule has 6 heteroatoms. The molecule has 1 heterocycles. The minimum atomic E-state index is -0.634. The van der Waals surface area contributed by atoms with Gasteiger partial charge in [0.15, 0.2) is 0 Å². The highest BCUT2D eigenvalue weighted by Crippen LogP contribution is 2.33. The van der Waals surface area contributed by atoms with Gasteiger partial charge in [-0.05, 0) is 38.0 Å². The van der Waals surface area contributed by atoms with E-state index in [0.29, 0.717) is 28.7 Å². The second-order valence-electron chi connectivity index (χ2n) is 5.24. The predicted octanol–water partition coefficient (Wildman–Crippen LogP) is 3.26. The van der Waals surface area contributed by atoms with Gasteiger partial charge in [-0.3, -0.25) is 9.59 Å². The van der Waals surface area contributed by atoms with E-state index < -0.39 is 5.92 Å². The SMILES string of the molecule is CC[C@H](C)NC(=O)[C@H]1CCN(c2ccc(Cl)cc2Cl)C1=O. The summed E-state index contributed by atoms with van der Waals surface area (Å²) in [5, 5.41) is 3.79. The van der Waals surface area contributed by atoms with Gasteiger partial charge < -0.3 is 10.2 Å². The van der Waals surface area contributed by atoms with Crippen molar-refractivity contribution < 1.29 is 9.59 Å². The fourth-order valence-electron chi connectivity index (χ4n) is 2.31. The van der Waals surface area contributed by atoms with E-state index in [1.54, 1.807) is 23.1 Å². The lowest BCUT2D eigenvalue weighted by Crippen LogP contribution is -2.40.